The Bertz CT molecular complexity index is 644. The zero-order chi connectivity index (χ0) is 15.2. The van der Waals surface area contributed by atoms with Crippen molar-refractivity contribution in [1.82, 2.24) is 5.32 Å². The Balaban J connectivity index is 1.92. The number of carbonyl (C=O) groups is 1. The maximum atomic E-state index is 11.9. The molecule has 0 saturated carbocycles. The average Bonchev–Trinajstić information content (AvgIpc) is 2.48. The number of urea groups is 1. The summed E-state index contributed by atoms with van der Waals surface area (Å²) < 4.78 is 6.14. The highest BCUT2D eigenvalue weighted by molar-refractivity contribution is 9.10. The summed E-state index contributed by atoms with van der Waals surface area (Å²) in [5, 5.41) is 5.66. The summed E-state index contributed by atoms with van der Waals surface area (Å²) in [6.07, 6.45) is 0. The van der Waals surface area contributed by atoms with Crippen molar-refractivity contribution < 1.29 is 9.53 Å². The molecule has 110 valence electrons. The van der Waals surface area contributed by atoms with E-state index in [1.807, 2.05) is 49.4 Å². The monoisotopic (exact) mass is 348 g/mol. The number of benzene rings is 2. The minimum atomic E-state index is -0.233. The molecule has 0 radical (unpaired) electrons. The van der Waals surface area contributed by atoms with Crippen LogP contribution in [-0.4, -0.2) is 13.1 Å². The van der Waals surface area contributed by atoms with Crippen molar-refractivity contribution in [2.45, 2.75) is 13.5 Å². The molecule has 0 aliphatic heterocycles. The normalized spacial score (nSPS) is 10.0. The largest absolute Gasteiger partial charge is 0.497 e. The highest BCUT2D eigenvalue weighted by Crippen LogP contribution is 2.20. The number of nitrogens with one attached hydrogen (secondary N) is 2. The van der Waals surface area contributed by atoms with Gasteiger partial charge in [-0.05, 0) is 48.4 Å². The van der Waals surface area contributed by atoms with Crippen molar-refractivity contribution in [3.8, 4) is 5.75 Å². The van der Waals surface area contributed by atoms with Crippen LogP contribution in [0.3, 0.4) is 0 Å². The predicted molar refractivity (Wildman–Crippen MR) is 87.7 cm³/mol. The Hall–Kier alpha value is -2.01. The molecule has 0 aliphatic rings. The van der Waals surface area contributed by atoms with Gasteiger partial charge in [0.05, 0.1) is 7.11 Å². The Morgan fingerprint density at radius 1 is 1.24 bits per heavy atom. The molecule has 4 nitrogen and oxygen atoms in total. The first-order chi connectivity index (χ1) is 10.1. The smallest absolute Gasteiger partial charge is 0.319 e. The minimum Gasteiger partial charge on any atom is -0.497 e. The molecule has 0 saturated heterocycles. The zero-order valence-electron chi connectivity index (χ0n) is 11.9. The van der Waals surface area contributed by atoms with Crippen LogP contribution in [0.4, 0.5) is 10.5 Å². The fraction of sp³-hybridized carbons (Fsp3) is 0.188. The molecule has 0 heterocycles. The van der Waals surface area contributed by atoms with E-state index in [0.717, 1.165) is 27.0 Å². The lowest BCUT2D eigenvalue weighted by atomic mass is 10.2. The average molecular weight is 349 g/mol. The second-order valence-electron chi connectivity index (χ2n) is 4.62. The van der Waals surface area contributed by atoms with Gasteiger partial charge in [-0.2, -0.15) is 0 Å². The fourth-order valence-electron chi connectivity index (χ4n) is 1.90. The van der Waals surface area contributed by atoms with Crippen LogP contribution < -0.4 is 15.4 Å². The molecule has 21 heavy (non-hydrogen) atoms. The second-order valence-corrected chi connectivity index (χ2v) is 5.53. The molecule has 2 N–H and O–H groups in total. The van der Waals surface area contributed by atoms with Gasteiger partial charge in [0.15, 0.2) is 0 Å². The van der Waals surface area contributed by atoms with Gasteiger partial charge in [-0.15, -0.1) is 0 Å². The van der Waals surface area contributed by atoms with Crippen LogP contribution in [0.15, 0.2) is 46.9 Å². The van der Waals surface area contributed by atoms with E-state index in [0.29, 0.717) is 6.54 Å². The molecule has 2 aromatic carbocycles. The van der Waals surface area contributed by atoms with Crippen molar-refractivity contribution in [2.24, 2.45) is 0 Å². The highest BCUT2D eigenvalue weighted by Gasteiger charge is 2.05. The number of hydrogen-bond donors (Lipinski definition) is 2. The van der Waals surface area contributed by atoms with Crippen molar-refractivity contribution in [3.05, 3.63) is 58.1 Å². The van der Waals surface area contributed by atoms with E-state index in [2.05, 4.69) is 26.6 Å². The Kier molecular flexibility index (Phi) is 5.22. The summed E-state index contributed by atoms with van der Waals surface area (Å²) in [6.45, 7) is 2.39. The van der Waals surface area contributed by atoms with Gasteiger partial charge in [-0.1, -0.05) is 28.1 Å². The van der Waals surface area contributed by atoms with Crippen molar-refractivity contribution in [2.75, 3.05) is 12.4 Å². The molecule has 0 spiro atoms. The number of methoxy groups -OCH3 is 1. The van der Waals surface area contributed by atoms with Gasteiger partial charge in [-0.25, -0.2) is 4.79 Å². The molecule has 2 aromatic rings. The van der Waals surface area contributed by atoms with Gasteiger partial charge in [0.2, 0.25) is 0 Å². The van der Waals surface area contributed by atoms with E-state index in [9.17, 15) is 4.79 Å². The first kappa shape index (κ1) is 15.4. The standard InChI is InChI=1S/C16H17BrN2O2/c1-11-8-13(17)6-7-15(11)19-16(20)18-10-12-4-3-5-14(9-12)21-2/h3-9H,10H2,1-2H3,(H2,18,19,20). The molecule has 5 heteroatoms. The van der Waals surface area contributed by atoms with E-state index in [1.54, 1.807) is 7.11 Å². The number of anilines is 1. The molecule has 2 amide bonds. The maximum absolute atomic E-state index is 11.9. The molecule has 0 aromatic heterocycles. The van der Waals surface area contributed by atoms with Crippen LogP contribution in [0.2, 0.25) is 0 Å². The minimum absolute atomic E-state index is 0.233. The lowest BCUT2D eigenvalue weighted by Crippen LogP contribution is -2.28. The van der Waals surface area contributed by atoms with Gasteiger partial charge >= 0.3 is 6.03 Å². The van der Waals surface area contributed by atoms with Gasteiger partial charge in [0.1, 0.15) is 5.75 Å². The van der Waals surface area contributed by atoms with E-state index in [1.165, 1.54) is 0 Å². The second kappa shape index (κ2) is 7.13. The van der Waals surface area contributed by atoms with Crippen molar-refractivity contribution in [1.29, 1.82) is 0 Å². The van der Waals surface area contributed by atoms with Crippen LogP contribution in [0.1, 0.15) is 11.1 Å². The highest BCUT2D eigenvalue weighted by atomic mass is 79.9. The zero-order valence-corrected chi connectivity index (χ0v) is 13.5. The third-order valence-corrected chi connectivity index (χ3v) is 3.52. The summed E-state index contributed by atoms with van der Waals surface area (Å²) in [6, 6.07) is 13.1. The number of rotatable bonds is 4. The van der Waals surface area contributed by atoms with Gasteiger partial charge in [0, 0.05) is 16.7 Å². The third kappa shape index (κ3) is 4.49. The number of aryl methyl sites for hydroxylation is 1. The van der Waals surface area contributed by atoms with E-state index < -0.39 is 0 Å². The predicted octanol–water partition coefficient (Wildman–Crippen LogP) is 4.09. The molecule has 2 rings (SSSR count). The molecule has 0 fully saturated rings. The van der Waals surface area contributed by atoms with Gasteiger partial charge in [0.25, 0.3) is 0 Å². The Morgan fingerprint density at radius 2 is 2.05 bits per heavy atom. The summed E-state index contributed by atoms with van der Waals surface area (Å²) in [7, 11) is 1.62. The number of halogens is 1. The quantitative estimate of drug-likeness (QED) is 0.874. The maximum Gasteiger partial charge on any atom is 0.319 e. The summed E-state index contributed by atoms with van der Waals surface area (Å²) in [5.74, 6) is 0.776. The fourth-order valence-corrected chi connectivity index (χ4v) is 2.37. The summed E-state index contributed by atoms with van der Waals surface area (Å²) in [5.41, 5.74) is 2.78. The molecule has 0 bridgehead atoms. The number of carbonyl (C=O) groups excluding carboxylic acids is 1. The van der Waals surface area contributed by atoms with Crippen LogP contribution in [0, 0.1) is 6.92 Å². The van der Waals surface area contributed by atoms with Crippen molar-refractivity contribution in [3.63, 3.8) is 0 Å². The van der Waals surface area contributed by atoms with E-state index >= 15 is 0 Å². The lowest BCUT2D eigenvalue weighted by molar-refractivity contribution is 0.251. The van der Waals surface area contributed by atoms with E-state index in [-0.39, 0.29) is 6.03 Å². The third-order valence-electron chi connectivity index (χ3n) is 3.02. The first-order valence-corrected chi connectivity index (χ1v) is 7.31. The van der Waals surface area contributed by atoms with Crippen LogP contribution in [-0.2, 0) is 6.54 Å². The lowest BCUT2D eigenvalue weighted by Gasteiger charge is -2.10. The topological polar surface area (TPSA) is 50.4 Å². The Morgan fingerprint density at radius 3 is 2.76 bits per heavy atom. The van der Waals surface area contributed by atoms with E-state index in [4.69, 9.17) is 4.74 Å². The Labute approximate surface area is 132 Å². The van der Waals surface area contributed by atoms with Crippen molar-refractivity contribution >= 4 is 27.6 Å². The first-order valence-electron chi connectivity index (χ1n) is 6.52. The molecule has 0 atom stereocenters. The molecule has 0 unspecified atom stereocenters. The van der Waals surface area contributed by atoms with Crippen LogP contribution in [0.5, 0.6) is 5.75 Å². The number of hydrogen-bond acceptors (Lipinski definition) is 2. The van der Waals surface area contributed by atoms with Crippen LogP contribution >= 0.6 is 15.9 Å². The molecular weight excluding hydrogens is 332 g/mol. The van der Waals surface area contributed by atoms with Gasteiger partial charge < -0.3 is 15.4 Å². The molecular formula is C16H17BrN2O2. The summed E-state index contributed by atoms with van der Waals surface area (Å²) >= 11 is 3.40. The SMILES string of the molecule is COc1cccc(CNC(=O)Nc2ccc(Br)cc2C)c1. The van der Waals surface area contributed by atoms with Gasteiger partial charge in [-0.3, -0.25) is 0 Å². The summed E-state index contributed by atoms with van der Waals surface area (Å²) in [4.78, 5) is 11.9. The molecule has 0 aliphatic carbocycles. The number of amides is 2. The van der Waals surface area contributed by atoms with Crippen LogP contribution in [0.25, 0.3) is 0 Å². The number of ether oxygens (including phenoxy) is 1.